The number of anilines is 3. The van der Waals surface area contributed by atoms with E-state index in [1.54, 1.807) is 0 Å². The van der Waals surface area contributed by atoms with Gasteiger partial charge in [-0.25, -0.2) is 0 Å². The van der Waals surface area contributed by atoms with Crippen LogP contribution < -0.4 is 4.90 Å². The summed E-state index contributed by atoms with van der Waals surface area (Å²) in [6.45, 7) is 0. The van der Waals surface area contributed by atoms with Crippen LogP contribution in [0.4, 0.5) is 17.1 Å². The van der Waals surface area contributed by atoms with Gasteiger partial charge >= 0.3 is 0 Å². The average Bonchev–Trinajstić information content (AvgIpc) is 3.58. The Bertz CT molecular complexity index is 2580. The van der Waals surface area contributed by atoms with Gasteiger partial charge in [0.15, 0.2) is 0 Å². The average molecular weight is 656 g/mol. The van der Waals surface area contributed by atoms with Gasteiger partial charge in [-0.2, -0.15) is 0 Å². The molecule has 0 aliphatic carbocycles. The van der Waals surface area contributed by atoms with Crippen LogP contribution >= 0.6 is 11.3 Å². The van der Waals surface area contributed by atoms with Crippen molar-refractivity contribution in [2.24, 2.45) is 0 Å². The van der Waals surface area contributed by atoms with Crippen molar-refractivity contribution in [3.8, 4) is 44.5 Å². The Morgan fingerprint density at radius 1 is 0.300 bits per heavy atom. The van der Waals surface area contributed by atoms with Crippen LogP contribution in [0.25, 0.3) is 64.7 Å². The molecule has 236 valence electrons. The Morgan fingerprint density at radius 2 is 0.780 bits per heavy atom. The Kier molecular flexibility index (Phi) is 7.77. The molecule has 0 unspecified atom stereocenters. The smallest absolute Gasteiger partial charge is 0.0540 e. The van der Waals surface area contributed by atoms with E-state index >= 15 is 0 Å². The summed E-state index contributed by atoms with van der Waals surface area (Å²) in [5.74, 6) is 0. The summed E-state index contributed by atoms with van der Waals surface area (Å²) in [5.41, 5.74) is 13.1. The lowest BCUT2D eigenvalue weighted by Crippen LogP contribution is -2.11. The first kappa shape index (κ1) is 29.9. The molecule has 1 nitrogen and oxygen atoms in total. The summed E-state index contributed by atoms with van der Waals surface area (Å²) in [6.07, 6.45) is 0. The van der Waals surface area contributed by atoms with E-state index in [0.717, 1.165) is 17.1 Å². The van der Waals surface area contributed by atoms with Crippen molar-refractivity contribution < 1.29 is 0 Å². The summed E-state index contributed by atoms with van der Waals surface area (Å²) in [6, 6.07) is 72.2. The number of para-hydroxylation sites is 2. The quantitative estimate of drug-likeness (QED) is 0.165. The molecule has 0 atom stereocenters. The molecular formula is C48H33NS. The van der Waals surface area contributed by atoms with Crippen molar-refractivity contribution in [2.45, 2.75) is 0 Å². The molecule has 9 aromatic rings. The van der Waals surface area contributed by atoms with Crippen LogP contribution in [0.1, 0.15) is 0 Å². The molecule has 9 rings (SSSR count). The highest BCUT2D eigenvalue weighted by molar-refractivity contribution is 7.25. The lowest BCUT2D eigenvalue weighted by atomic mass is 9.88. The van der Waals surface area contributed by atoms with Gasteiger partial charge in [-0.1, -0.05) is 158 Å². The van der Waals surface area contributed by atoms with Gasteiger partial charge in [0, 0.05) is 37.1 Å². The summed E-state index contributed by atoms with van der Waals surface area (Å²) < 4.78 is 2.64. The molecule has 50 heavy (non-hydrogen) atoms. The summed E-state index contributed by atoms with van der Waals surface area (Å²) in [4.78, 5) is 2.39. The maximum absolute atomic E-state index is 2.39. The largest absolute Gasteiger partial charge is 0.310 e. The van der Waals surface area contributed by atoms with E-state index in [1.807, 2.05) is 11.3 Å². The van der Waals surface area contributed by atoms with Gasteiger partial charge in [-0.15, -0.1) is 11.3 Å². The van der Waals surface area contributed by atoms with Gasteiger partial charge in [0.05, 0.1) is 5.69 Å². The van der Waals surface area contributed by atoms with Crippen LogP contribution in [0.15, 0.2) is 200 Å². The molecule has 0 aliphatic rings. The first-order valence-electron chi connectivity index (χ1n) is 17.0. The van der Waals surface area contributed by atoms with E-state index in [9.17, 15) is 0 Å². The van der Waals surface area contributed by atoms with Crippen LogP contribution in [0.5, 0.6) is 0 Å². The van der Waals surface area contributed by atoms with E-state index < -0.39 is 0 Å². The molecule has 0 fully saturated rings. The van der Waals surface area contributed by atoms with Crippen LogP contribution in [0, 0.1) is 0 Å². The number of thiophene rings is 1. The second-order valence-electron chi connectivity index (χ2n) is 12.5. The molecule has 2 heteroatoms. The summed E-state index contributed by atoms with van der Waals surface area (Å²) >= 11 is 1.86. The van der Waals surface area contributed by atoms with E-state index in [2.05, 4.69) is 205 Å². The van der Waals surface area contributed by atoms with E-state index in [4.69, 9.17) is 0 Å². The minimum Gasteiger partial charge on any atom is -0.310 e. The van der Waals surface area contributed by atoms with Crippen LogP contribution in [0.3, 0.4) is 0 Å². The molecule has 0 bridgehead atoms. The van der Waals surface area contributed by atoms with Crippen LogP contribution in [-0.2, 0) is 0 Å². The third-order valence-corrected chi connectivity index (χ3v) is 10.7. The van der Waals surface area contributed by atoms with E-state index in [-0.39, 0.29) is 0 Å². The lowest BCUT2D eigenvalue weighted by Gasteiger charge is -2.28. The fourth-order valence-corrected chi connectivity index (χ4v) is 8.38. The van der Waals surface area contributed by atoms with Crippen molar-refractivity contribution >= 4 is 48.6 Å². The highest BCUT2D eigenvalue weighted by Gasteiger charge is 2.20. The second kappa shape index (κ2) is 13.0. The fourth-order valence-electron chi connectivity index (χ4n) is 7.25. The minimum absolute atomic E-state index is 1.11. The molecule has 0 N–H and O–H groups in total. The van der Waals surface area contributed by atoms with Gasteiger partial charge < -0.3 is 4.90 Å². The Morgan fingerprint density at radius 3 is 1.52 bits per heavy atom. The van der Waals surface area contributed by atoms with Crippen molar-refractivity contribution in [2.75, 3.05) is 4.90 Å². The van der Waals surface area contributed by atoms with Crippen LogP contribution in [-0.4, -0.2) is 0 Å². The number of benzene rings is 8. The number of hydrogen-bond donors (Lipinski definition) is 0. The number of hydrogen-bond acceptors (Lipinski definition) is 2. The Balaban J connectivity index is 1.19. The topological polar surface area (TPSA) is 3.24 Å². The Hall–Kier alpha value is -6.22. The third-order valence-electron chi connectivity index (χ3n) is 9.52. The third kappa shape index (κ3) is 5.37. The predicted molar refractivity (Wildman–Crippen MR) is 216 cm³/mol. The zero-order valence-electron chi connectivity index (χ0n) is 27.4. The van der Waals surface area contributed by atoms with E-state index in [0.29, 0.717) is 0 Å². The molecule has 1 aromatic heterocycles. The van der Waals surface area contributed by atoms with Crippen molar-refractivity contribution in [3.05, 3.63) is 200 Å². The molecule has 0 aliphatic heterocycles. The van der Waals surface area contributed by atoms with Gasteiger partial charge in [0.25, 0.3) is 0 Å². The SMILES string of the molecule is c1ccc(-c2ccccc2-c2ccccc2-c2ccccc2N(c2ccccc2)c2ccc(-c3cccc4sc5ccccc5c34)cc2)cc1. The predicted octanol–water partition coefficient (Wildman–Crippen LogP) is 14.2. The highest BCUT2D eigenvalue weighted by Crippen LogP contribution is 2.46. The molecular weight excluding hydrogens is 623 g/mol. The highest BCUT2D eigenvalue weighted by atomic mass is 32.1. The molecule has 0 amide bonds. The van der Waals surface area contributed by atoms with Crippen LogP contribution in [0.2, 0.25) is 0 Å². The zero-order valence-corrected chi connectivity index (χ0v) is 28.2. The maximum atomic E-state index is 2.39. The zero-order chi connectivity index (χ0) is 33.3. The summed E-state index contributed by atoms with van der Waals surface area (Å²) in [5, 5.41) is 2.65. The first-order valence-corrected chi connectivity index (χ1v) is 17.8. The lowest BCUT2D eigenvalue weighted by molar-refractivity contribution is 1.28. The standard InChI is InChI=1S/C48H33NS/c1-3-16-34(17-4-1)38-20-7-8-21-40(38)41-22-9-10-23-42(41)43-24-11-13-27-45(43)49(36-18-5-2-6-19-36)37-32-30-35(31-33-37)39-26-15-29-47-48(39)44-25-12-14-28-46(44)50-47/h1-33H. The monoisotopic (exact) mass is 655 g/mol. The van der Waals surface area contributed by atoms with E-state index in [1.165, 1.54) is 64.7 Å². The molecule has 0 radical (unpaired) electrons. The van der Waals surface area contributed by atoms with Crippen molar-refractivity contribution in [3.63, 3.8) is 0 Å². The molecule has 0 saturated heterocycles. The molecule has 8 aromatic carbocycles. The summed E-state index contributed by atoms with van der Waals surface area (Å²) in [7, 11) is 0. The normalized spacial score (nSPS) is 11.2. The minimum atomic E-state index is 1.11. The van der Waals surface area contributed by atoms with Crippen molar-refractivity contribution in [1.29, 1.82) is 0 Å². The number of rotatable bonds is 7. The Labute approximate surface area is 297 Å². The van der Waals surface area contributed by atoms with Gasteiger partial charge in [0.1, 0.15) is 0 Å². The second-order valence-corrected chi connectivity index (χ2v) is 13.6. The molecule has 0 saturated carbocycles. The molecule has 1 heterocycles. The number of fused-ring (bicyclic) bond motifs is 3. The molecule has 0 spiro atoms. The van der Waals surface area contributed by atoms with Gasteiger partial charge in [-0.05, 0) is 81.4 Å². The van der Waals surface area contributed by atoms with Gasteiger partial charge in [0.2, 0.25) is 0 Å². The first-order chi connectivity index (χ1) is 24.8. The number of nitrogens with zero attached hydrogens (tertiary/aromatic N) is 1. The van der Waals surface area contributed by atoms with Crippen molar-refractivity contribution in [1.82, 2.24) is 0 Å². The van der Waals surface area contributed by atoms with Gasteiger partial charge in [-0.3, -0.25) is 0 Å². The fraction of sp³-hybridized carbons (Fsp3) is 0. The maximum Gasteiger partial charge on any atom is 0.0540 e.